The molecule has 0 spiro atoms. The Morgan fingerprint density at radius 2 is 1.74 bits per heavy atom. The van der Waals surface area contributed by atoms with Crippen molar-refractivity contribution in [3.05, 3.63) is 46.6 Å². The van der Waals surface area contributed by atoms with E-state index in [1.54, 1.807) is 15.2 Å². The van der Waals surface area contributed by atoms with Crippen LogP contribution in [0, 0.1) is 6.92 Å². The Labute approximate surface area is 196 Å². The summed E-state index contributed by atoms with van der Waals surface area (Å²) in [5.74, 6) is 1.08. The van der Waals surface area contributed by atoms with Crippen molar-refractivity contribution in [2.24, 2.45) is 0 Å². The quantitative estimate of drug-likeness (QED) is 0.478. The number of aromatic nitrogens is 6. The van der Waals surface area contributed by atoms with E-state index in [-0.39, 0.29) is 17.7 Å². The van der Waals surface area contributed by atoms with Crippen LogP contribution in [0.25, 0.3) is 16.8 Å². The number of nitrogens with one attached hydrogen (secondary N) is 1. The second-order valence-electron chi connectivity index (χ2n) is 9.31. The number of aryl methyl sites for hydroxylation is 1. The molecule has 0 atom stereocenters. The number of fused-ring (bicyclic) bond motifs is 3. The number of aliphatic hydroxyl groups excluding tert-OH is 1. The first-order valence-corrected chi connectivity index (χ1v) is 12.0. The van der Waals surface area contributed by atoms with Crippen molar-refractivity contribution in [1.29, 1.82) is 0 Å². The largest absolute Gasteiger partial charge is 0.393 e. The molecule has 0 radical (unpaired) electrons. The Morgan fingerprint density at radius 3 is 2.47 bits per heavy atom. The Bertz CT molecular complexity index is 1400. The number of hydrogen-bond donors (Lipinski definition) is 2. The SMILES string of the molecule is Cc1nnc2c(=O)n(C3CCCC3)c3nc(Nc4ccc(N5CCC(O)CC5)cc4)ncc3n12. The van der Waals surface area contributed by atoms with E-state index < -0.39 is 0 Å². The molecule has 10 heteroatoms. The van der Waals surface area contributed by atoms with Gasteiger partial charge in [0.25, 0.3) is 5.56 Å². The molecule has 6 rings (SSSR count). The van der Waals surface area contributed by atoms with E-state index in [0.717, 1.165) is 68.5 Å². The fourth-order valence-electron chi connectivity index (χ4n) is 5.26. The monoisotopic (exact) mass is 460 g/mol. The van der Waals surface area contributed by atoms with Crippen LogP contribution in [-0.4, -0.2) is 53.4 Å². The molecule has 1 aromatic carbocycles. The smallest absolute Gasteiger partial charge is 0.298 e. The molecule has 2 N–H and O–H groups in total. The van der Waals surface area contributed by atoms with Crippen LogP contribution in [0.1, 0.15) is 50.4 Å². The van der Waals surface area contributed by atoms with E-state index in [4.69, 9.17) is 4.98 Å². The third-order valence-electron chi connectivity index (χ3n) is 7.10. The normalized spacial score (nSPS) is 17.8. The van der Waals surface area contributed by atoms with Gasteiger partial charge in [0.1, 0.15) is 11.3 Å². The first-order valence-electron chi connectivity index (χ1n) is 12.0. The maximum absolute atomic E-state index is 13.4. The fourth-order valence-corrected chi connectivity index (χ4v) is 5.26. The predicted molar refractivity (Wildman–Crippen MR) is 130 cm³/mol. The second kappa shape index (κ2) is 8.35. The van der Waals surface area contributed by atoms with E-state index in [2.05, 4.69) is 37.5 Å². The van der Waals surface area contributed by atoms with E-state index in [1.807, 2.05) is 19.1 Å². The summed E-state index contributed by atoms with van der Waals surface area (Å²) in [6.45, 7) is 3.55. The molecule has 176 valence electrons. The van der Waals surface area contributed by atoms with Crippen molar-refractivity contribution in [2.75, 3.05) is 23.3 Å². The Morgan fingerprint density at radius 1 is 1.00 bits per heavy atom. The maximum atomic E-state index is 13.4. The van der Waals surface area contributed by atoms with Crippen LogP contribution < -0.4 is 15.8 Å². The van der Waals surface area contributed by atoms with Crippen molar-refractivity contribution in [2.45, 2.75) is 57.6 Å². The van der Waals surface area contributed by atoms with Gasteiger partial charge in [0, 0.05) is 30.5 Å². The highest BCUT2D eigenvalue weighted by Gasteiger charge is 2.25. The fraction of sp³-hybridized carbons (Fsp3) is 0.458. The Kier molecular flexibility index (Phi) is 5.17. The lowest BCUT2D eigenvalue weighted by molar-refractivity contribution is 0.145. The number of anilines is 3. The summed E-state index contributed by atoms with van der Waals surface area (Å²) < 4.78 is 3.55. The van der Waals surface area contributed by atoms with Gasteiger partial charge in [-0.25, -0.2) is 4.98 Å². The third-order valence-corrected chi connectivity index (χ3v) is 7.10. The molecule has 1 aliphatic heterocycles. The van der Waals surface area contributed by atoms with Gasteiger partial charge in [-0.1, -0.05) is 12.8 Å². The molecule has 0 bridgehead atoms. The zero-order valence-electron chi connectivity index (χ0n) is 19.2. The van der Waals surface area contributed by atoms with Crippen LogP contribution in [0.5, 0.6) is 0 Å². The lowest BCUT2D eigenvalue weighted by Crippen LogP contribution is -2.35. The number of piperidine rings is 1. The van der Waals surface area contributed by atoms with Gasteiger partial charge < -0.3 is 15.3 Å². The van der Waals surface area contributed by atoms with Crippen molar-refractivity contribution < 1.29 is 5.11 Å². The number of rotatable bonds is 4. The van der Waals surface area contributed by atoms with E-state index >= 15 is 0 Å². The molecule has 1 saturated carbocycles. The lowest BCUT2D eigenvalue weighted by Gasteiger charge is -2.31. The molecule has 2 aliphatic rings. The lowest BCUT2D eigenvalue weighted by atomic mass is 10.1. The summed E-state index contributed by atoms with van der Waals surface area (Å²) in [5.41, 5.74) is 3.52. The second-order valence-corrected chi connectivity index (χ2v) is 9.31. The van der Waals surface area contributed by atoms with E-state index in [9.17, 15) is 9.90 Å². The molecule has 10 nitrogen and oxygen atoms in total. The molecule has 2 fully saturated rings. The molecule has 4 aromatic rings. The van der Waals surface area contributed by atoms with Gasteiger partial charge in [0.2, 0.25) is 11.6 Å². The molecule has 1 aliphatic carbocycles. The third kappa shape index (κ3) is 3.58. The predicted octanol–water partition coefficient (Wildman–Crippen LogP) is 2.96. The number of aliphatic hydroxyl groups is 1. The topological polar surface area (TPSA) is 113 Å². The zero-order chi connectivity index (χ0) is 23.2. The minimum atomic E-state index is -0.188. The van der Waals surface area contributed by atoms with Gasteiger partial charge in [0.15, 0.2) is 5.65 Å². The molecule has 3 aromatic heterocycles. The van der Waals surface area contributed by atoms with Crippen LogP contribution in [0.4, 0.5) is 17.3 Å². The molecule has 4 heterocycles. The standard InChI is InChI=1S/C24H28N8O2/c1-15-28-29-22-23(34)32(18-4-2-3-5-18)21-20(31(15)22)14-25-24(27-21)26-16-6-8-17(9-7-16)30-12-10-19(33)11-13-30/h6-9,14,18-19,33H,2-5,10-13H2,1H3,(H,25,26,27). The number of benzene rings is 1. The summed E-state index contributed by atoms with van der Waals surface area (Å²) in [4.78, 5) is 25.0. The summed E-state index contributed by atoms with van der Waals surface area (Å²) in [5, 5.41) is 21.3. The maximum Gasteiger partial charge on any atom is 0.298 e. The average molecular weight is 461 g/mol. The first kappa shape index (κ1) is 21.0. The highest BCUT2D eigenvalue weighted by Crippen LogP contribution is 2.31. The average Bonchev–Trinajstić information content (AvgIpc) is 3.51. The van der Waals surface area contributed by atoms with Crippen molar-refractivity contribution in [3.63, 3.8) is 0 Å². The molecular formula is C24H28N8O2. The van der Waals surface area contributed by atoms with Crippen molar-refractivity contribution in [1.82, 2.24) is 29.1 Å². The first-order chi connectivity index (χ1) is 16.6. The number of hydrogen-bond acceptors (Lipinski definition) is 8. The van der Waals surface area contributed by atoms with Gasteiger partial charge in [-0.2, -0.15) is 4.98 Å². The van der Waals surface area contributed by atoms with Gasteiger partial charge in [-0.15, -0.1) is 10.2 Å². The minimum Gasteiger partial charge on any atom is -0.393 e. The molecule has 34 heavy (non-hydrogen) atoms. The highest BCUT2D eigenvalue weighted by molar-refractivity contribution is 5.75. The summed E-state index contributed by atoms with van der Waals surface area (Å²) in [6, 6.07) is 8.26. The summed E-state index contributed by atoms with van der Waals surface area (Å²) in [7, 11) is 0. The van der Waals surface area contributed by atoms with Crippen LogP contribution in [-0.2, 0) is 0 Å². The minimum absolute atomic E-state index is 0.113. The summed E-state index contributed by atoms with van der Waals surface area (Å²) >= 11 is 0. The number of nitrogens with zero attached hydrogens (tertiary/aromatic N) is 7. The highest BCUT2D eigenvalue weighted by atomic mass is 16.3. The van der Waals surface area contributed by atoms with Gasteiger partial charge in [-0.3, -0.25) is 13.8 Å². The summed E-state index contributed by atoms with van der Waals surface area (Å²) in [6.07, 6.45) is 7.28. The Hall–Kier alpha value is -3.53. The van der Waals surface area contributed by atoms with Crippen molar-refractivity contribution >= 4 is 34.1 Å². The Balaban J connectivity index is 1.36. The van der Waals surface area contributed by atoms with Crippen LogP contribution >= 0.6 is 0 Å². The van der Waals surface area contributed by atoms with E-state index in [1.165, 1.54) is 0 Å². The van der Waals surface area contributed by atoms with Crippen LogP contribution in [0.3, 0.4) is 0 Å². The molecule has 0 unspecified atom stereocenters. The van der Waals surface area contributed by atoms with Crippen molar-refractivity contribution in [3.8, 4) is 0 Å². The molecular weight excluding hydrogens is 432 g/mol. The van der Waals surface area contributed by atoms with Crippen LogP contribution in [0.15, 0.2) is 35.3 Å². The van der Waals surface area contributed by atoms with Gasteiger partial charge in [0.05, 0.1) is 12.3 Å². The zero-order valence-corrected chi connectivity index (χ0v) is 19.2. The van der Waals surface area contributed by atoms with E-state index in [0.29, 0.717) is 23.1 Å². The molecule has 1 saturated heterocycles. The van der Waals surface area contributed by atoms with Crippen LogP contribution in [0.2, 0.25) is 0 Å². The molecule has 0 amide bonds. The van der Waals surface area contributed by atoms with Gasteiger partial charge in [-0.05, 0) is 56.9 Å². The van der Waals surface area contributed by atoms with Gasteiger partial charge >= 0.3 is 0 Å².